The van der Waals surface area contributed by atoms with E-state index in [4.69, 9.17) is 0 Å². The Hall–Kier alpha value is -2.63. The van der Waals surface area contributed by atoms with E-state index in [1.807, 2.05) is 34.7 Å². The molecule has 3 aromatic heterocycles. The quantitative estimate of drug-likeness (QED) is 0.725. The highest BCUT2D eigenvalue weighted by molar-refractivity contribution is 5.93. The second kappa shape index (κ2) is 7.08. The van der Waals surface area contributed by atoms with Crippen LogP contribution >= 0.6 is 0 Å². The normalized spacial score (nSPS) is 15.6. The minimum Gasteiger partial charge on any atom is -0.338 e. The zero-order valence-electron chi connectivity index (χ0n) is 17.2. The number of fused-ring (bicyclic) bond motifs is 2. The number of aromatic amines is 1. The predicted octanol–water partition coefficient (Wildman–Crippen LogP) is 4.11. The molecule has 3 aromatic rings. The number of aromatic nitrogens is 4. The minimum atomic E-state index is -0.00557. The third-order valence-electron chi connectivity index (χ3n) is 5.77. The summed E-state index contributed by atoms with van der Waals surface area (Å²) in [5.74, 6) is -0.00557. The molecule has 0 saturated heterocycles. The highest BCUT2D eigenvalue weighted by Crippen LogP contribution is 2.37. The van der Waals surface area contributed by atoms with E-state index < -0.39 is 0 Å². The number of H-pyrrole nitrogens is 1. The maximum absolute atomic E-state index is 12.7. The van der Waals surface area contributed by atoms with Gasteiger partial charge < -0.3 is 9.30 Å². The van der Waals surface area contributed by atoms with E-state index >= 15 is 0 Å². The van der Waals surface area contributed by atoms with E-state index in [1.54, 1.807) is 0 Å². The first kappa shape index (κ1) is 18.7. The fraction of sp³-hybridized carbons (Fsp3) is 0.500. The molecule has 4 rings (SSSR count). The summed E-state index contributed by atoms with van der Waals surface area (Å²) in [7, 11) is 0. The number of pyridine rings is 1. The molecule has 1 amide bonds. The average molecular weight is 380 g/mol. The Morgan fingerprint density at radius 2 is 2.11 bits per heavy atom. The molecular formula is C22H29N5O. The number of nitrogens with zero attached hydrogens (tertiary/aromatic N) is 4. The number of imidazole rings is 1. The Morgan fingerprint density at radius 3 is 2.86 bits per heavy atom. The van der Waals surface area contributed by atoms with Gasteiger partial charge >= 0.3 is 0 Å². The minimum absolute atomic E-state index is 0.00557. The van der Waals surface area contributed by atoms with Crippen molar-refractivity contribution < 1.29 is 4.79 Å². The second-order valence-electron chi connectivity index (χ2n) is 8.56. The van der Waals surface area contributed by atoms with Crippen LogP contribution in [0, 0.1) is 5.41 Å². The lowest BCUT2D eigenvalue weighted by Crippen LogP contribution is -2.31. The van der Waals surface area contributed by atoms with Crippen molar-refractivity contribution in [1.29, 1.82) is 0 Å². The Bertz CT molecular complexity index is 1010. The van der Waals surface area contributed by atoms with Crippen molar-refractivity contribution in [2.75, 3.05) is 13.1 Å². The number of carbonyl (C=O) groups is 1. The Morgan fingerprint density at radius 1 is 1.29 bits per heavy atom. The predicted molar refractivity (Wildman–Crippen MR) is 110 cm³/mol. The molecule has 0 aromatic carbocycles. The zero-order valence-corrected chi connectivity index (χ0v) is 17.2. The van der Waals surface area contributed by atoms with Gasteiger partial charge in [0.1, 0.15) is 11.3 Å². The summed E-state index contributed by atoms with van der Waals surface area (Å²) in [5, 5.41) is 7.87. The van der Waals surface area contributed by atoms with Crippen molar-refractivity contribution in [1.82, 2.24) is 24.5 Å². The first-order valence-electron chi connectivity index (χ1n) is 10.3. The lowest BCUT2D eigenvalue weighted by Gasteiger charge is -2.29. The highest BCUT2D eigenvalue weighted by atomic mass is 16.2. The first-order valence-corrected chi connectivity index (χ1v) is 10.3. The van der Waals surface area contributed by atoms with E-state index in [1.165, 1.54) is 17.7 Å². The fourth-order valence-corrected chi connectivity index (χ4v) is 4.16. The molecule has 0 aliphatic heterocycles. The van der Waals surface area contributed by atoms with Crippen LogP contribution in [0.3, 0.4) is 0 Å². The van der Waals surface area contributed by atoms with Gasteiger partial charge in [0.15, 0.2) is 0 Å². The molecule has 3 heterocycles. The third kappa shape index (κ3) is 3.32. The Balaban J connectivity index is 1.66. The average Bonchev–Trinajstić information content (AvgIpc) is 3.27. The monoisotopic (exact) mass is 379 g/mol. The summed E-state index contributed by atoms with van der Waals surface area (Å²) < 4.78 is 1.94. The maximum atomic E-state index is 12.7. The highest BCUT2D eigenvalue weighted by Gasteiger charge is 2.29. The Kier molecular flexibility index (Phi) is 4.73. The summed E-state index contributed by atoms with van der Waals surface area (Å²) in [6.45, 7) is 10.2. The molecule has 0 spiro atoms. The van der Waals surface area contributed by atoms with Crippen molar-refractivity contribution in [3.63, 3.8) is 0 Å². The van der Waals surface area contributed by atoms with Gasteiger partial charge in [-0.1, -0.05) is 20.8 Å². The molecule has 0 atom stereocenters. The van der Waals surface area contributed by atoms with Crippen LogP contribution in [-0.4, -0.2) is 43.5 Å². The van der Waals surface area contributed by atoms with E-state index in [0.717, 1.165) is 42.7 Å². The summed E-state index contributed by atoms with van der Waals surface area (Å²) in [5.41, 5.74) is 6.27. The van der Waals surface area contributed by atoms with Gasteiger partial charge in [0.25, 0.3) is 5.91 Å². The van der Waals surface area contributed by atoms with E-state index in [2.05, 4.69) is 42.0 Å². The van der Waals surface area contributed by atoms with Crippen molar-refractivity contribution in [3.8, 4) is 11.3 Å². The number of carbonyl (C=O) groups excluding carboxylic acids is 1. The van der Waals surface area contributed by atoms with Gasteiger partial charge in [-0.15, -0.1) is 0 Å². The van der Waals surface area contributed by atoms with Crippen LogP contribution in [0.25, 0.3) is 16.9 Å². The number of hydrogen-bond acceptors (Lipinski definition) is 3. The SMILES string of the molecule is CCCN(CC)C(=O)c1cn2cc(-c3n[nH]c4c3CCC(C)(C)C4)ccc2n1. The molecule has 6 heteroatoms. The van der Waals surface area contributed by atoms with E-state index in [9.17, 15) is 4.79 Å². The number of rotatable bonds is 5. The lowest BCUT2D eigenvalue weighted by atomic mass is 9.76. The third-order valence-corrected chi connectivity index (χ3v) is 5.77. The summed E-state index contributed by atoms with van der Waals surface area (Å²) in [6.07, 6.45) is 8.06. The topological polar surface area (TPSA) is 66.3 Å². The van der Waals surface area contributed by atoms with Crippen LogP contribution in [0.4, 0.5) is 0 Å². The smallest absolute Gasteiger partial charge is 0.274 e. The van der Waals surface area contributed by atoms with Crippen molar-refractivity contribution in [2.45, 2.75) is 53.4 Å². The van der Waals surface area contributed by atoms with Gasteiger partial charge in [-0.25, -0.2) is 4.98 Å². The molecular weight excluding hydrogens is 350 g/mol. The van der Waals surface area contributed by atoms with Gasteiger partial charge in [0, 0.05) is 42.3 Å². The second-order valence-corrected chi connectivity index (χ2v) is 8.56. The lowest BCUT2D eigenvalue weighted by molar-refractivity contribution is 0.0759. The molecule has 148 valence electrons. The molecule has 1 N–H and O–H groups in total. The molecule has 1 aliphatic carbocycles. The molecule has 0 saturated carbocycles. The number of nitrogens with one attached hydrogen (secondary N) is 1. The molecule has 1 aliphatic rings. The molecule has 0 unspecified atom stereocenters. The van der Waals surface area contributed by atoms with Crippen molar-refractivity contribution in [3.05, 3.63) is 41.5 Å². The molecule has 0 fully saturated rings. The van der Waals surface area contributed by atoms with Crippen LogP contribution in [0.2, 0.25) is 0 Å². The van der Waals surface area contributed by atoms with Crippen molar-refractivity contribution >= 4 is 11.6 Å². The van der Waals surface area contributed by atoms with Gasteiger partial charge in [0.2, 0.25) is 0 Å². The van der Waals surface area contributed by atoms with Crippen LogP contribution in [-0.2, 0) is 12.8 Å². The van der Waals surface area contributed by atoms with Crippen molar-refractivity contribution in [2.24, 2.45) is 5.41 Å². The van der Waals surface area contributed by atoms with E-state index in [-0.39, 0.29) is 5.91 Å². The van der Waals surface area contributed by atoms with Crippen LogP contribution in [0.1, 0.15) is 62.3 Å². The van der Waals surface area contributed by atoms with Gasteiger partial charge in [-0.3, -0.25) is 9.89 Å². The summed E-state index contributed by atoms with van der Waals surface area (Å²) in [4.78, 5) is 19.1. The van der Waals surface area contributed by atoms with Crippen LogP contribution in [0.5, 0.6) is 0 Å². The fourth-order valence-electron chi connectivity index (χ4n) is 4.16. The van der Waals surface area contributed by atoms with Gasteiger partial charge in [-0.05, 0) is 50.2 Å². The molecule has 6 nitrogen and oxygen atoms in total. The summed E-state index contributed by atoms with van der Waals surface area (Å²) >= 11 is 0. The molecule has 28 heavy (non-hydrogen) atoms. The standard InChI is InChI=1S/C22H29N5O/c1-5-11-26(6-2)21(28)18-14-27-13-15(7-8-19(27)23-18)20-16-9-10-22(3,4)12-17(16)24-25-20/h7-8,13-14H,5-6,9-12H2,1-4H3,(H,24,25). The van der Waals surface area contributed by atoms with Crippen LogP contribution in [0.15, 0.2) is 24.5 Å². The molecule has 0 radical (unpaired) electrons. The van der Waals surface area contributed by atoms with Gasteiger partial charge in [0.05, 0.1) is 5.69 Å². The number of amides is 1. The number of hydrogen-bond donors (Lipinski definition) is 1. The Labute approximate surface area is 166 Å². The largest absolute Gasteiger partial charge is 0.338 e. The molecule has 0 bridgehead atoms. The van der Waals surface area contributed by atoms with Gasteiger partial charge in [-0.2, -0.15) is 5.10 Å². The maximum Gasteiger partial charge on any atom is 0.274 e. The zero-order chi connectivity index (χ0) is 19.9. The summed E-state index contributed by atoms with van der Waals surface area (Å²) in [6, 6.07) is 4.02. The van der Waals surface area contributed by atoms with E-state index in [0.29, 0.717) is 17.7 Å². The first-order chi connectivity index (χ1) is 13.4. The van der Waals surface area contributed by atoms with Crippen LogP contribution < -0.4 is 0 Å².